The minimum Gasteiger partial charge on any atom is -0.496 e. The Kier molecular flexibility index (Phi) is 4.17. The van der Waals surface area contributed by atoms with Gasteiger partial charge in [0.15, 0.2) is 0 Å². The average Bonchev–Trinajstić information content (AvgIpc) is 2.38. The number of methoxy groups -OCH3 is 1. The zero-order valence-corrected chi connectivity index (χ0v) is 11.6. The molecule has 1 N–H and O–H groups in total. The number of ether oxygens (including phenoxy) is 1. The van der Waals surface area contributed by atoms with Crippen molar-refractivity contribution in [3.05, 3.63) is 63.6 Å². The minimum atomic E-state index is -1.37. The molecule has 0 heterocycles. The van der Waals surface area contributed by atoms with Gasteiger partial charge in [0.1, 0.15) is 23.5 Å². The molecule has 0 aliphatic carbocycles. The monoisotopic (exact) mass is 328 g/mol. The largest absolute Gasteiger partial charge is 0.496 e. The highest BCUT2D eigenvalue weighted by Gasteiger charge is 2.20. The third-order valence-electron chi connectivity index (χ3n) is 2.76. The molecule has 2 aromatic carbocycles. The smallest absolute Gasteiger partial charge is 0.133 e. The molecule has 0 aliphatic rings. The van der Waals surface area contributed by atoms with E-state index in [9.17, 15) is 13.9 Å². The van der Waals surface area contributed by atoms with Crippen molar-refractivity contribution < 1.29 is 18.6 Å². The van der Waals surface area contributed by atoms with E-state index >= 15 is 0 Å². The fraction of sp³-hybridized carbons (Fsp3) is 0.143. The van der Waals surface area contributed by atoms with Gasteiger partial charge in [-0.05, 0) is 45.8 Å². The highest BCUT2D eigenvalue weighted by Crippen LogP contribution is 2.32. The first-order valence-corrected chi connectivity index (χ1v) is 6.29. The van der Waals surface area contributed by atoms with E-state index in [1.807, 2.05) is 0 Å². The summed E-state index contributed by atoms with van der Waals surface area (Å²) in [4.78, 5) is 0. The van der Waals surface area contributed by atoms with Gasteiger partial charge in [-0.3, -0.25) is 0 Å². The second-order valence-corrected chi connectivity index (χ2v) is 4.79. The molecular weight excluding hydrogens is 318 g/mol. The average molecular weight is 329 g/mol. The molecule has 0 aliphatic heterocycles. The predicted molar refractivity (Wildman–Crippen MR) is 71.1 cm³/mol. The number of aliphatic hydroxyl groups excluding tert-OH is 1. The fourth-order valence-corrected chi connectivity index (χ4v) is 2.35. The van der Waals surface area contributed by atoms with E-state index in [0.717, 1.165) is 12.1 Å². The lowest BCUT2D eigenvalue weighted by Gasteiger charge is -2.14. The molecule has 5 heteroatoms. The van der Waals surface area contributed by atoms with Crippen LogP contribution in [0.1, 0.15) is 17.2 Å². The van der Waals surface area contributed by atoms with E-state index in [0.29, 0.717) is 15.8 Å². The Labute approximate surface area is 117 Å². The molecule has 0 fully saturated rings. The van der Waals surface area contributed by atoms with Crippen LogP contribution < -0.4 is 4.74 Å². The lowest BCUT2D eigenvalue weighted by Crippen LogP contribution is -2.05. The Balaban J connectivity index is 2.44. The molecule has 0 aromatic heterocycles. The van der Waals surface area contributed by atoms with E-state index in [2.05, 4.69) is 15.9 Å². The normalized spacial score (nSPS) is 12.3. The van der Waals surface area contributed by atoms with Crippen LogP contribution in [0.4, 0.5) is 8.78 Å². The number of hydrogen-bond donors (Lipinski definition) is 1. The molecule has 0 saturated carbocycles. The van der Waals surface area contributed by atoms with Crippen molar-refractivity contribution in [2.75, 3.05) is 7.11 Å². The van der Waals surface area contributed by atoms with Crippen LogP contribution in [-0.4, -0.2) is 12.2 Å². The summed E-state index contributed by atoms with van der Waals surface area (Å²) in [6.07, 6.45) is -1.37. The van der Waals surface area contributed by atoms with Crippen LogP contribution in [-0.2, 0) is 0 Å². The van der Waals surface area contributed by atoms with Crippen molar-refractivity contribution in [1.29, 1.82) is 0 Å². The lowest BCUT2D eigenvalue weighted by atomic mass is 10.0. The molecule has 2 aromatic rings. The Morgan fingerprint density at radius 3 is 2.32 bits per heavy atom. The Morgan fingerprint density at radius 2 is 1.79 bits per heavy atom. The van der Waals surface area contributed by atoms with Crippen LogP contribution in [0, 0.1) is 11.6 Å². The van der Waals surface area contributed by atoms with E-state index in [-0.39, 0.29) is 5.56 Å². The van der Waals surface area contributed by atoms with Crippen molar-refractivity contribution >= 4 is 15.9 Å². The van der Waals surface area contributed by atoms with E-state index in [1.54, 1.807) is 18.2 Å². The van der Waals surface area contributed by atoms with Crippen LogP contribution in [0.3, 0.4) is 0 Å². The first-order chi connectivity index (χ1) is 9.04. The van der Waals surface area contributed by atoms with Gasteiger partial charge >= 0.3 is 0 Å². The summed E-state index contributed by atoms with van der Waals surface area (Å²) in [6, 6.07) is 8.21. The Morgan fingerprint density at radius 1 is 1.16 bits per heavy atom. The molecule has 0 amide bonds. The van der Waals surface area contributed by atoms with Gasteiger partial charge in [-0.15, -0.1) is 0 Å². The minimum absolute atomic E-state index is 0.362. The molecule has 19 heavy (non-hydrogen) atoms. The van der Waals surface area contributed by atoms with Gasteiger partial charge in [0.25, 0.3) is 0 Å². The van der Waals surface area contributed by atoms with E-state index in [4.69, 9.17) is 4.74 Å². The molecule has 1 atom stereocenters. The molecule has 100 valence electrons. The fourth-order valence-electron chi connectivity index (χ4n) is 1.79. The summed E-state index contributed by atoms with van der Waals surface area (Å²) < 4.78 is 32.8. The van der Waals surface area contributed by atoms with Crippen LogP contribution in [0.15, 0.2) is 40.9 Å². The number of hydrogen-bond acceptors (Lipinski definition) is 2. The maximum absolute atomic E-state index is 13.6. The number of rotatable bonds is 3. The highest BCUT2D eigenvalue weighted by molar-refractivity contribution is 9.10. The maximum atomic E-state index is 13.6. The second-order valence-electron chi connectivity index (χ2n) is 3.93. The molecule has 0 saturated heterocycles. The Bertz CT molecular complexity index is 582. The zero-order valence-electron chi connectivity index (χ0n) is 10.0. The second kappa shape index (κ2) is 5.67. The summed E-state index contributed by atoms with van der Waals surface area (Å²) in [5.74, 6) is -0.983. The van der Waals surface area contributed by atoms with Gasteiger partial charge in [0.05, 0.1) is 17.1 Å². The van der Waals surface area contributed by atoms with Crippen molar-refractivity contribution in [3.8, 4) is 5.75 Å². The molecule has 0 bridgehead atoms. The van der Waals surface area contributed by atoms with E-state index in [1.165, 1.54) is 13.2 Å². The zero-order chi connectivity index (χ0) is 14.0. The maximum Gasteiger partial charge on any atom is 0.133 e. The van der Waals surface area contributed by atoms with Gasteiger partial charge in [-0.1, -0.05) is 12.1 Å². The topological polar surface area (TPSA) is 29.5 Å². The summed E-state index contributed by atoms with van der Waals surface area (Å²) in [5.41, 5.74) is 0.0104. The molecule has 0 radical (unpaired) electrons. The Hall–Kier alpha value is -1.46. The van der Waals surface area contributed by atoms with Crippen LogP contribution >= 0.6 is 15.9 Å². The quantitative estimate of drug-likeness (QED) is 0.928. The SMILES string of the molecule is COc1ccc(C(O)c2c(F)cccc2F)cc1Br. The van der Waals surface area contributed by atoms with Crippen LogP contribution in [0.5, 0.6) is 5.75 Å². The van der Waals surface area contributed by atoms with Crippen molar-refractivity contribution in [1.82, 2.24) is 0 Å². The van der Waals surface area contributed by atoms with Gasteiger partial charge in [-0.2, -0.15) is 0 Å². The first kappa shape index (κ1) is 14.0. The van der Waals surface area contributed by atoms with Gasteiger partial charge in [0.2, 0.25) is 0 Å². The summed E-state index contributed by atoms with van der Waals surface area (Å²) in [5, 5.41) is 10.1. The molecule has 2 nitrogen and oxygen atoms in total. The highest BCUT2D eigenvalue weighted by atomic mass is 79.9. The number of aliphatic hydroxyl groups is 1. The first-order valence-electron chi connectivity index (χ1n) is 5.50. The summed E-state index contributed by atoms with van der Waals surface area (Å²) in [7, 11) is 1.51. The number of halogens is 3. The van der Waals surface area contributed by atoms with Crippen LogP contribution in [0.25, 0.3) is 0 Å². The molecule has 2 rings (SSSR count). The van der Waals surface area contributed by atoms with Gasteiger partial charge in [-0.25, -0.2) is 8.78 Å². The van der Waals surface area contributed by atoms with Gasteiger partial charge in [0, 0.05) is 0 Å². The third kappa shape index (κ3) is 2.77. The molecular formula is C14H11BrF2O2. The molecule has 1 unspecified atom stereocenters. The third-order valence-corrected chi connectivity index (χ3v) is 3.38. The summed E-state index contributed by atoms with van der Waals surface area (Å²) >= 11 is 3.26. The molecule has 0 spiro atoms. The van der Waals surface area contributed by atoms with Crippen LogP contribution in [0.2, 0.25) is 0 Å². The van der Waals surface area contributed by atoms with Gasteiger partial charge < -0.3 is 9.84 Å². The van der Waals surface area contributed by atoms with Crippen molar-refractivity contribution in [3.63, 3.8) is 0 Å². The standard InChI is InChI=1S/C14H11BrF2O2/c1-19-12-6-5-8(7-9(12)15)14(18)13-10(16)3-2-4-11(13)17/h2-7,14,18H,1H3. The lowest BCUT2D eigenvalue weighted by molar-refractivity contribution is 0.209. The van der Waals surface area contributed by atoms with Crippen molar-refractivity contribution in [2.24, 2.45) is 0 Å². The summed E-state index contributed by atoms with van der Waals surface area (Å²) in [6.45, 7) is 0. The van der Waals surface area contributed by atoms with Crippen molar-refractivity contribution in [2.45, 2.75) is 6.10 Å². The number of benzene rings is 2. The van der Waals surface area contributed by atoms with E-state index < -0.39 is 17.7 Å². The predicted octanol–water partition coefficient (Wildman–Crippen LogP) is 3.82.